The number of hydrogen-bond donors (Lipinski definition) is 3. The maximum absolute atomic E-state index is 15.6. The molecule has 5 N–H and O–H groups in total. The van der Waals surface area contributed by atoms with Crippen molar-refractivity contribution in [1.29, 1.82) is 0 Å². The molecule has 0 bridgehead atoms. The van der Waals surface area contributed by atoms with Gasteiger partial charge < -0.3 is 26.0 Å². The van der Waals surface area contributed by atoms with Crippen LogP contribution in [0.5, 0.6) is 0 Å². The molecule has 7 nitrogen and oxygen atoms in total. The van der Waals surface area contributed by atoms with E-state index in [0.29, 0.717) is 19.0 Å². The Labute approximate surface area is 158 Å². The molecule has 2 aliphatic carbocycles. The third-order valence-corrected chi connectivity index (χ3v) is 6.47. The smallest absolute Gasteiger partial charge is 0.341 e. The maximum atomic E-state index is 15.6. The number of carbonyl (C=O) groups is 1. The van der Waals surface area contributed by atoms with Crippen molar-refractivity contribution in [2.24, 2.45) is 17.6 Å². The fraction of sp³-hybridized carbons (Fsp3) is 0.474. The molecule has 3 unspecified atom stereocenters. The number of fused-ring (bicyclic) bond motifs is 2. The van der Waals surface area contributed by atoms with Crippen molar-refractivity contribution >= 4 is 28.2 Å². The Morgan fingerprint density at radius 1 is 1.21 bits per heavy atom. The minimum Gasteiger partial charge on any atom is -0.477 e. The number of anilines is 2. The second-order valence-corrected chi connectivity index (χ2v) is 8.16. The number of aromatic nitrogens is 1. The van der Waals surface area contributed by atoms with E-state index in [1.54, 1.807) is 4.90 Å². The topological polar surface area (TPSA) is 115 Å². The molecule has 1 aromatic carbocycles. The van der Waals surface area contributed by atoms with Gasteiger partial charge in [0.05, 0.1) is 16.6 Å². The summed E-state index contributed by atoms with van der Waals surface area (Å²) in [5.74, 6) is -2.84. The molecule has 3 fully saturated rings. The van der Waals surface area contributed by atoms with E-state index >= 15 is 8.78 Å². The number of benzene rings is 1. The van der Waals surface area contributed by atoms with E-state index in [-0.39, 0.29) is 29.2 Å². The highest BCUT2D eigenvalue weighted by molar-refractivity contribution is 5.99. The zero-order chi connectivity index (χ0) is 19.9. The minimum absolute atomic E-state index is 0.0293. The van der Waals surface area contributed by atoms with E-state index in [9.17, 15) is 14.7 Å². The molecule has 0 amide bonds. The Morgan fingerprint density at radius 3 is 2.50 bits per heavy atom. The number of halogens is 2. The van der Waals surface area contributed by atoms with Crippen molar-refractivity contribution < 1.29 is 18.7 Å². The molecule has 9 heteroatoms. The fourth-order valence-corrected chi connectivity index (χ4v) is 4.76. The van der Waals surface area contributed by atoms with Gasteiger partial charge in [-0.3, -0.25) is 4.79 Å². The zero-order valence-corrected chi connectivity index (χ0v) is 15.0. The largest absolute Gasteiger partial charge is 0.477 e. The fourth-order valence-electron chi connectivity index (χ4n) is 4.76. The van der Waals surface area contributed by atoms with Gasteiger partial charge in [0, 0.05) is 31.4 Å². The number of rotatable bonds is 3. The summed E-state index contributed by atoms with van der Waals surface area (Å²) < 4.78 is 32.2. The first-order valence-electron chi connectivity index (χ1n) is 9.38. The lowest BCUT2D eigenvalue weighted by molar-refractivity contribution is 0.0695. The zero-order valence-electron chi connectivity index (χ0n) is 15.0. The number of aromatic carboxylic acids is 1. The van der Waals surface area contributed by atoms with Crippen molar-refractivity contribution in [3.63, 3.8) is 0 Å². The van der Waals surface area contributed by atoms with Gasteiger partial charge in [0.15, 0.2) is 11.6 Å². The van der Waals surface area contributed by atoms with E-state index in [0.717, 1.165) is 25.5 Å². The van der Waals surface area contributed by atoms with Gasteiger partial charge in [0.1, 0.15) is 11.3 Å². The van der Waals surface area contributed by atoms with E-state index in [1.165, 1.54) is 4.57 Å². The normalized spacial score (nSPS) is 26.4. The van der Waals surface area contributed by atoms with Gasteiger partial charge >= 0.3 is 5.97 Å². The first-order chi connectivity index (χ1) is 13.3. The van der Waals surface area contributed by atoms with Crippen LogP contribution in [0.25, 0.3) is 10.9 Å². The monoisotopic (exact) mass is 390 g/mol. The molecule has 28 heavy (non-hydrogen) atoms. The van der Waals surface area contributed by atoms with Crippen LogP contribution in [0.3, 0.4) is 0 Å². The van der Waals surface area contributed by atoms with Gasteiger partial charge in [-0.25, -0.2) is 13.6 Å². The van der Waals surface area contributed by atoms with E-state index in [2.05, 4.69) is 0 Å². The van der Waals surface area contributed by atoms with Crippen LogP contribution < -0.4 is 21.8 Å². The van der Waals surface area contributed by atoms with E-state index < -0.39 is 39.7 Å². The standard InChI is InChI=1S/C19H20F2N4O3/c20-13-15(23)12-16(25(8-1-2-8)6-10(18(12)26)19(27)28)14(21)17(13)24-4-7-3-11(22)9(7)5-24/h6-9,11H,1-5,22-23H2,(H,27,28). The highest BCUT2D eigenvalue weighted by Gasteiger charge is 2.46. The van der Waals surface area contributed by atoms with Gasteiger partial charge in [-0.1, -0.05) is 0 Å². The number of carboxylic acids is 1. The predicted octanol–water partition coefficient (Wildman–Crippen LogP) is 1.68. The molecule has 148 valence electrons. The van der Waals surface area contributed by atoms with E-state index in [1.807, 2.05) is 0 Å². The summed E-state index contributed by atoms with van der Waals surface area (Å²) in [5, 5.41) is 8.94. The van der Waals surface area contributed by atoms with Gasteiger partial charge in [-0.2, -0.15) is 0 Å². The minimum atomic E-state index is -1.45. The van der Waals surface area contributed by atoms with Crippen LogP contribution in [0.15, 0.2) is 11.0 Å². The number of nitrogens with two attached hydrogens (primary N) is 2. The third-order valence-electron chi connectivity index (χ3n) is 6.47. The summed E-state index contributed by atoms with van der Waals surface area (Å²) in [6.45, 7) is 0.920. The van der Waals surface area contributed by atoms with Crippen molar-refractivity contribution in [2.45, 2.75) is 31.3 Å². The molecular formula is C19H20F2N4O3. The molecule has 3 aliphatic rings. The lowest BCUT2D eigenvalue weighted by atomic mass is 9.72. The average Bonchev–Trinajstić information content (AvgIpc) is 3.42. The Kier molecular flexibility index (Phi) is 3.52. The van der Waals surface area contributed by atoms with E-state index in [4.69, 9.17) is 11.5 Å². The predicted molar refractivity (Wildman–Crippen MR) is 99.6 cm³/mol. The number of nitrogen functional groups attached to an aromatic ring is 1. The molecule has 1 aliphatic heterocycles. The average molecular weight is 390 g/mol. The number of nitrogens with zero attached hydrogens (tertiary/aromatic N) is 2. The van der Waals surface area contributed by atoms with Crippen LogP contribution in [0.1, 0.15) is 35.7 Å². The molecule has 1 saturated heterocycles. The van der Waals surface area contributed by atoms with Crippen molar-refractivity contribution in [1.82, 2.24) is 4.57 Å². The Hall–Kier alpha value is -2.68. The Morgan fingerprint density at radius 2 is 1.93 bits per heavy atom. The van der Waals surface area contributed by atoms with Gasteiger partial charge in [0.2, 0.25) is 5.43 Å². The van der Waals surface area contributed by atoms with Gasteiger partial charge in [-0.15, -0.1) is 0 Å². The molecule has 3 atom stereocenters. The molecule has 5 rings (SSSR count). The van der Waals surface area contributed by atoms with Crippen molar-refractivity contribution in [3.05, 3.63) is 33.6 Å². The summed E-state index contributed by atoms with van der Waals surface area (Å²) in [7, 11) is 0. The van der Waals surface area contributed by atoms with Gasteiger partial charge in [0.25, 0.3) is 0 Å². The lowest BCUT2D eigenvalue weighted by Crippen LogP contribution is -2.46. The number of hydrogen-bond acceptors (Lipinski definition) is 5. The Bertz CT molecular complexity index is 1100. The molecule has 2 saturated carbocycles. The van der Waals surface area contributed by atoms with Crippen molar-refractivity contribution in [2.75, 3.05) is 23.7 Å². The van der Waals surface area contributed by atoms with Crippen LogP contribution in [-0.2, 0) is 0 Å². The van der Waals surface area contributed by atoms with Crippen LogP contribution in [0, 0.1) is 23.5 Å². The first kappa shape index (κ1) is 17.4. The van der Waals surface area contributed by atoms with Crippen LogP contribution in [-0.4, -0.2) is 34.8 Å². The Balaban J connectivity index is 1.78. The molecular weight excluding hydrogens is 370 g/mol. The highest BCUT2D eigenvalue weighted by atomic mass is 19.1. The quantitative estimate of drug-likeness (QED) is 0.687. The third kappa shape index (κ3) is 2.22. The summed E-state index contributed by atoms with van der Waals surface area (Å²) in [5.41, 5.74) is 9.55. The molecule has 2 aromatic rings. The maximum Gasteiger partial charge on any atom is 0.341 e. The number of pyridine rings is 1. The molecule has 2 heterocycles. The van der Waals surface area contributed by atoms with Crippen LogP contribution in [0.2, 0.25) is 0 Å². The summed E-state index contributed by atoms with van der Waals surface area (Å²) in [6.07, 6.45) is 3.43. The van der Waals surface area contributed by atoms with Crippen LogP contribution in [0.4, 0.5) is 20.2 Å². The number of carboxylic acid groups (broad SMARTS) is 1. The molecule has 1 aromatic heterocycles. The lowest BCUT2D eigenvalue weighted by Gasteiger charge is -2.36. The summed E-state index contributed by atoms with van der Waals surface area (Å²) in [4.78, 5) is 25.7. The summed E-state index contributed by atoms with van der Waals surface area (Å²) >= 11 is 0. The van der Waals surface area contributed by atoms with Crippen LogP contribution >= 0.6 is 0 Å². The summed E-state index contributed by atoms with van der Waals surface area (Å²) in [6, 6.07) is -0.0988. The van der Waals surface area contributed by atoms with Crippen molar-refractivity contribution in [3.8, 4) is 0 Å². The van der Waals surface area contributed by atoms with Gasteiger partial charge in [-0.05, 0) is 31.1 Å². The second kappa shape index (κ2) is 5.66. The highest BCUT2D eigenvalue weighted by Crippen LogP contribution is 2.46. The molecule has 0 radical (unpaired) electrons. The molecule has 0 spiro atoms. The SMILES string of the molecule is Nc1c(F)c(N2CC3CC(N)C3C2)c(F)c2c1c(=O)c(C(=O)O)cn2C1CC1. The first-order valence-corrected chi connectivity index (χ1v) is 9.38. The second-order valence-electron chi connectivity index (χ2n) is 8.16.